The summed E-state index contributed by atoms with van der Waals surface area (Å²) in [6.45, 7) is 4.75. The Balaban J connectivity index is 1.42. The Bertz CT molecular complexity index is 1030. The molecular weight excluding hydrogens is 436 g/mol. The van der Waals surface area contributed by atoms with Crippen molar-refractivity contribution >= 4 is 11.8 Å². The first-order chi connectivity index (χ1) is 16.2. The van der Waals surface area contributed by atoms with Crippen molar-refractivity contribution in [2.75, 3.05) is 41.4 Å². The number of hydrogen-bond donors (Lipinski definition) is 0. The van der Waals surface area contributed by atoms with E-state index >= 15 is 0 Å². The number of fused-ring (bicyclic) bond motifs is 2. The van der Waals surface area contributed by atoms with Crippen LogP contribution < -0.4 is 18.9 Å². The van der Waals surface area contributed by atoms with Crippen LogP contribution in [0.25, 0.3) is 0 Å². The average Bonchev–Trinajstić information content (AvgIpc) is 3.40. The Morgan fingerprint density at radius 2 is 1.18 bits per heavy atom. The summed E-state index contributed by atoms with van der Waals surface area (Å²) >= 11 is 0. The molecule has 2 heterocycles. The molecule has 0 saturated carbocycles. The molecule has 0 aliphatic carbocycles. The average molecular weight is 469 g/mol. The van der Waals surface area contributed by atoms with Gasteiger partial charge in [0, 0.05) is 62.3 Å². The number of carbonyl (C=O) groups is 2. The van der Waals surface area contributed by atoms with Crippen LogP contribution in [0.3, 0.4) is 0 Å². The van der Waals surface area contributed by atoms with Crippen molar-refractivity contribution in [2.45, 2.75) is 38.9 Å². The lowest BCUT2D eigenvalue weighted by molar-refractivity contribution is 0.0718. The van der Waals surface area contributed by atoms with Gasteiger partial charge in [-0.1, -0.05) is 0 Å². The van der Waals surface area contributed by atoms with E-state index in [0.29, 0.717) is 47.2 Å². The lowest BCUT2D eigenvalue weighted by Gasteiger charge is -2.23. The van der Waals surface area contributed by atoms with Crippen molar-refractivity contribution in [3.05, 3.63) is 46.5 Å². The lowest BCUT2D eigenvalue weighted by Crippen LogP contribution is -2.37. The molecule has 2 aromatic carbocycles. The molecule has 0 aromatic heterocycles. The second-order valence-corrected chi connectivity index (χ2v) is 9.05. The zero-order chi connectivity index (χ0) is 24.6. The SMILES string of the molecule is COc1cc(C(=O)N(C)CCN(C)C(=O)c2cc3c(c(OC)c2)OC(C)C3)cc2c1OC(C)C2. The molecule has 2 unspecified atom stereocenters. The lowest BCUT2D eigenvalue weighted by atomic mass is 10.0. The highest BCUT2D eigenvalue weighted by atomic mass is 16.5. The molecule has 0 spiro atoms. The van der Waals surface area contributed by atoms with E-state index in [4.69, 9.17) is 18.9 Å². The fraction of sp³-hybridized carbons (Fsp3) is 0.462. The van der Waals surface area contributed by atoms with Crippen molar-refractivity contribution < 1.29 is 28.5 Å². The van der Waals surface area contributed by atoms with Crippen LogP contribution in [-0.2, 0) is 12.8 Å². The smallest absolute Gasteiger partial charge is 0.253 e. The van der Waals surface area contributed by atoms with Crippen molar-refractivity contribution in [3.63, 3.8) is 0 Å². The zero-order valence-corrected chi connectivity index (χ0v) is 20.6. The molecule has 2 aliphatic heterocycles. The number of amides is 2. The first-order valence-electron chi connectivity index (χ1n) is 11.5. The molecule has 2 atom stereocenters. The van der Waals surface area contributed by atoms with Crippen LogP contribution in [-0.4, -0.2) is 75.2 Å². The van der Waals surface area contributed by atoms with E-state index in [0.717, 1.165) is 24.0 Å². The summed E-state index contributed by atoms with van der Waals surface area (Å²) in [6.07, 6.45) is 1.59. The third-order valence-electron chi connectivity index (χ3n) is 6.31. The van der Waals surface area contributed by atoms with E-state index in [1.807, 2.05) is 26.0 Å². The number of hydrogen-bond acceptors (Lipinski definition) is 6. The van der Waals surface area contributed by atoms with Gasteiger partial charge in [0.25, 0.3) is 11.8 Å². The maximum atomic E-state index is 13.1. The van der Waals surface area contributed by atoms with Crippen LogP contribution in [0.2, 0.25) is 0 Å². The van der Waals surface area contributed by atoms with Gasteiger partial charge in [0.1, 0.15) is 12.2 Å². The monoisotopic (exact) mass is 468 g/mol. The number of nitrogens with zero attached hydrogens (tertiary/aromatic N) is 2. The molecule has 0 N–H and O–H groups in total. The van der Waals surface area contributed by atoms with E-state index in [1.54, 1.807) is 50.2 Å². The fourth-order valence-corrected chi connectivity index (χ4v) is 4.49. The predicted molar refractivity (Wildman–Crippen MR) is 127 cm³/mol. The summed E-state index contributed by atoms with van der Waals surface area (Å²) in [5.74, 6) is 2.29. The molecule has 2 aliphatic rings. The number of rotatable bonds is 7. The summed E-state index contributed by atoms with van der Waals surface area (Å²) in [5.41, 5.74) is 3.03. The van der Waals surface area contributed by atoms with E-state index in [1.165, 1.54) is 0 Å². The molecule has 0 fully saturated rings. The van der Waals surface area contributed by atoms with Gasteiger partial charge in [0.2, 0.25) is 0 Å². The summed E-state index contributed by atoms with van der Waals surface area (Å²) in [5, 5.41) is 0. The number of likely N-dealkylation sites (N-methyl/N-ethyl adjacent to an activating group) is 2. The third-order valence-corrected chi connectivity index (χ3v) is 6.31. The van der Waals surface area contributed by atoms with Gasteiger partial charge in [-0.15, -0.1) is 0 Å². The molecule has 182 valence electrons. The largest absolute Gasteiger partial charge is 0.493 e. The van der Waals surface area contributed by atoms with Gasteiger partial charge >= 0.3 is 0 Å². The zero-order valence-electron chi connectivity index (χ0n) is 20.6. The van der Waals surface area contributed by atoms with Gasteiger partial charge in [-0.05, 0) is 38.1 Å². The van der Waals surface area contributed by atoms with Gasteiger partial charge in [-0.25, -0.2) is 0 Å². The topological polar surface area (TPSA) is 77.5 Å². The van der Waals surface area contributed by atoms with Gasteiger partial charge < -0.3 is 28.7 Å². The van der Waals surface area contributed by atoms with Crippen LogP contribution >= 0.6 is 0 Å². The standard InChI is InChI=1S/C26H32N2O6/c1-15-9-17-11-19(13-21(31-5)23(17)33-15)25(29)27(3)7-8-28(4)26(30)20-12-18-10-16(2)34-24(18)22(14-20)32-6/h11-16H,7-10H2,1-6H3. The molecule has 8 heteroatoms. The fourth-order valence-electron chi connectivity index (χ4n) is 4.49. The summed E-state index contributed by atoms with van der Waals surface area (Å²) in [7, 11) is 6.61. The second kappa shape index (κ2) is 9.44. The predicted octanol–water partition coefficient (Wildman–Crippen LogP) is 3.19. The highest BCUT2D eigenvalue weighted by Gasteiger charge is 2.28. The minimum absolute atomic E-state index is 0.0549. The van der Waals surface area contributed by atoms with Gasteiger partial charge in [-0.2, -0.15) is 0 Å². The van der Waals surface area contributed by atoms with Crippen molar-refractivity contribution in [3.8, 4) is 23.0 Å². The Hall–Kier alpha value is -3.42. The summed E-state index contributed by atoms with van der Waals surface area (Å²) < 4.78 is 22.5. The Morgan fingerprint density at radius 3 is 1.53 bits per heavy atom. The number of ether oxygens (including phenoxy) is 4. The molecule has 4 rings (SSSR count). The van der Waals surface area contributed by atoms with Crippen molar-refractivity contribution in [1.82, 2.24) is 9.80 Å². The van der Waals surface area contributed by atoms with Gasteiger partial charge in [0.15, 0.2) is 23.0 Å². The first kappa shape index (κ1) is 23.7. The van der Waals surface area contributed by atoms with E-state index < -0.39 is 0 Å². The quantitative estimate of drug-likeness (QED) is 0.621. The van der Waals surface area contributed by atoms with Gasteiger partial charge in [0.05, 0.1) is 14.2 Å². The van der Waals surface area contributed by atoms with Crippen LogP contribution in [0.1, 0.15) is 45.7 Å². The highest BCUT2D eigenvalue weighted by molar-refractivity contribution is 5.96. The van der Waals surface area contributed by atoms with Crippen LogP contribution in [0.5, 0.6) is 23.0 Å². The van der Waals surface area contributed by atoms with Crippen molar-refractivity contribution in [1.29, 1.82) is 0 Å². The third kappa shape index (κ3) is 4.49. The molecule has 0 saturated heterocycles. The van der Waals surface area contributed by atoms with Crippen LogP contribution in [0.4, 0.5) is 0 Å². The molecule has 0 radical (unpaired) electrons. The van der Waals surface area contributed by atoms with E-state index in [-0.39, 0.29) is 24.0 Å². The maximum Gasteiger partial charge on any atom is 0.253 e. The maximum absolute atomic E-state index is 13.1. The molecular formula is C26H32N2O6. The first-order valence-corrected chi connectivity index (χ1v) is 11.5. The van der Waals surface area contributed by atoms with Gasteiger partial charge in [-0.3, -0.25) is 9.59 Å². The molecule has 0 bridgehead atoms. The minimum Gasteiger partial charge on any atom is -0.493 e. The number of methoxy groups -OCH3 is 2. The van der Waals surface area contributed by atoms with Crippen molar-refractivity contribution in [2.24, 2.45) is 0 Å². The second-order valence-electron chi connectivity index (χ2n) is 9.05. The summed E-state index contributed by atoms with van der Waals surface area (Å²) in [4.78, 5) is 29.4. The van der Waals surface area contributed by atoms with E-state index in [2.05, 4.69) is 0 Å². The Kier molecular flexibility index (Phi) is 6.59. The summed E-state index contributed by atoms with van der Waals surface area (Å²) in [6, 6.07) is 7.17. The Labute approximate surface area is 200 Å². The molecule has 8 nitrogen and oxygen atoms in total. The number of benzene rings is 2. The van der Waals surface area contributed by atoms with E-state index in [9.17, 15) is 9.59 Å². The molecule has 2 amide bonds. The minimum atomic E-state index is -0.133. The Morgan fingerprint density at radius 1 is 0.794 bits per heavy atom. The van der Waals surface area contributed by atoms with Crippen LogP contribution in [0.15, 0.2) is 24.3 Å². The number of carbonyl (C=O) groups excluding carboxylic acids is 2. The molecule has 2 aromatic rings. The van der Waals surface area contributed by atoms with Crippen LogP contribution in [0, 0.1) is 0 Å². The highest BCUT2D eigenvalue weighted by Crippen LogP contribution is 2.40. The molecule has 34 heavy (non-hydrogen) atoms. The normalized spacial score (nSPS) is 17.8.